The maximum Gasteiger partial charge on any atom is 0.253 e. The summed E-state index contributed by atoms with van der Waals surface area (Å²) in [6.07, 6.45) is 9.27. The number of nitrogens with one attached hydrogen (secondary N) is 1. The zero-order valence-corrected chi connectivity index (χ0v) is 15.5. The molecule has 138 valence electrons. The van der Waals surface area contributed by atoms with Crippen LogP contribution in [0.1, 0.15) is 16.8 Å². The SMILES string of the molecule is Cn1cc(-c2ccnc(N3CCC(NC(=O)c4cncc(Cl)c4)C3)n2)cn1. The number of hydrogen-bond donors (Lipinski definition) is 1. The summed E-state index contributed by atoms with van der Waals surface area (Å²) in [7, 11) is 1.87. The molecule has 1 saturated heterocycles. The van der Waals surface area contributed by atoms with Crippen LogP contribution in [0.15, 0.2) is 43.1 Å². The lowest BCUT2D eigenvalue weighted by molar-refractivity contribution is 0.0940. The molecule has 4 rings (SSSR count). The first-order valence-electron chi connectivity index (χ1n) is 8.57. The molecule has 1 N–H and O–H groups in total. The summed E-state index contributed by atoms with van der Waals surface area (Å²) in [5.74, 6) is 0.472. The van der Waals surface area contributed by atoms with Gasteiger partial charge in [0.15, 0.2) is 0 Å². The van der Waals surface area contributed by atoms with E-state index in [1.54, 1.807) is 23.1 Å². The first-order chi connectivity index (χ1) is 13.1. The number of halogens is 1. The summed E-state index contributed by atoms with van der Waals surface area (Å²) in [4.78, 5) is 27.4. The number of amides is 1. The van der Waals surface area contributed by atoms with Crippen molar-refractivity contribution in [2.75, 3.05) is 18.0 Å². The number of aromatic nitrogens is 5. The second kappa shape index (κ2) is 7.32. The Morgan fingerprint density at radius 3 is 3.00 bits per heavy atom. The molecule has 9 heteroatoms. The van der Waals surface area contributed by atoms with Crippen molar-refractivity contribution in [3.05, 3.63) is 53.7 Å². The van der Waals surface area contributed by atoms with Crippen LogP contribution in [0.3, 0.4) is 0 Å². The van der Waals surface area contributed by atoms with Gasteiger partial charge < -0.3 is 10.2 Å². The van der Waals surface area contributed by atoms with Gasteiger partial charge in [-0.25, -0.2) is 9.97 Å². The second-order valence-electron chi connectivity index (χ2n) is 6.44. The summed E-state index contributed by atoms with van der Waals surface area (Å²) in [6.45, 7) is 1.42. The van der Waals surface area contributed by atoms with Crippen LogP contribution in [0.2, 0.25) is 5.02 Å². The number of rotatable bonds is 4. The van der Waals surface area contributed by atoms with E-state index in [1.165, 1.54) is 12.4 Å². The molecule has 3 aromatic rings. The van der Waals surface area contributed by atoms with Crippen molar-refractivity contribution in [1.29, 1.82) is 0 Å². The molecule has 27 heavy (non-hydrogen) atoms. The second-order valence-corrected chi connectivity index (χ2v) is 6.88. The summed E-state index contributed by atoms with van der Waals surface area (Å²) in [5.41, 5.74) is 2.22. The fourth-order valence-electron chi connectivity index (χ4n) is 3.08. The molecular weight excluding hydrogens is 366 g/mol. The van der Waals surface area contributed by atoms with Gasteiger partial charge in [-0.1, -0.05) is 11.6 Å². The number of hydrogen-bond acceptors (Lipinski definition) is 6. The molecule has 0 spiro atoms. The molecule has 1 aliphatic heterocycles. The number of carbonyl (C=O) groups excluding carboxylic acids is 1. The van der Waals surface area contributed by atoms with Gasteiger partial charge >= 0.3 is 0 Å². The minimum Gasteiger partial charge on any atom is -0.347 e. The predicted octanol–water partition coefficient (Wildman–Crippen LogP) is 1.93. The smallest absolute Gasteiger partial charge is 0.253 e. The van der Waals surface area contributed by atoms with Gasteiger partial charge in [0.25, 0.3) is 5.91 Å². The molecule has 1 unspecified atom stereocenters. The molecule has 0 bridgehead atoms. The average molecular weight is 384 g/mol. The number of carbonyl (C=O) groups is 1. The van der Waals surface area contributed by atoms with Gasteiger partial charge in [0.2, 0.25) is 5.95 Å². The number of pyridine rings is 1. The van der Waals surface area contributed by atoms with Crippen molar-refractivity contribution >= 4 is 23.5 Å². The van der Waals surface area contributed by atoms with E-state index in [-0.39, 0.29) is 11.9 Å². The first kappa shape index (κ1) is 17.4. The van der Waals surface area contributed by atoms with Crippen LogP contribution < -0.4 is 10.2 Å². The highest BCUT2D eigenvalue weighted by molar-refractivity contribution is 6.30. The zero-order chi connectivity index (χ0) is 18.8. The molecule has 0 radical (unpaired) electrons. The highest BCUT2D eigenvalue weighted by Crippen LogP contribution is 2.21. The zero-order valence-electron chi connectivity index (χ0n) is 14.7. The van der Waals surface area contributed by atoms with Gasteiger partial charge in [0.1, 0.15) is 0 Å². The molecule has 0 aliphatic carbocycles. The third kappa shape index (κ3) is 3.90. The lowest BCUT2D eigenvalue weighted by atomic mass is 10.2. The Kier molecular flexibility index (Phi) is 4.72. The van der Waals surface area contributed by atoms with Crippen LogP contribution in [0, 0.1) is 0 Å². The normalized spacial score (nSPS) is 16.5. The fourth-order valence-corrected chi connectivity index (χ4v) is 3.25. The topological polar surface area (TPSA) is 88.8 Å². The van der Waals surface area contributed by atoms with E-state index >= 15 is 0 Å². The van der Waals surface area contributed by atoms with E-state index in [9.17, 15) is 4.79 Å². The Bertz CT molecular complexity index is 974. The van der Waals surface area contributed by atoms with Crippen LogP contribution in [-0.4, -0.2) is 49.8 Å². The summed E-state index contributed by atoms with van der Waals surface area (Å²) in [5, 5.41) is 7.65. The third-order valence-electron chi connectivity index (χ3n) is 4.42. The molecule has 1 amide bonds. The molecule has 3 aromatic heterocycles. The summed E-state index contributed by atoms with van der Waals surface area (Å²) in [6, 6.07) is 3.49. The predicted molar refractivity (Wildman–Crippen MR) is 102 cm³/mol. The molecule has 4 heterocycles. The quantitative estimate of drug-likeness (QED) is 0.740. The summed E-state index contributed by atoms with van der Waals surface area (Å²) < 4.78 is 1.74. The molecule has 1 atom stereocenters. The van der Waals surface area contributed by atoms with Crippen molar-refractivity contribution in [2.45, 2.75) is 12.5 Å². The van der Waals surface area contributed by atoms with Crippen LogP contribution >= 0.6 is 11.6 Å². The minimum absolute atomic E-state index is 0.0159. The Morgan fingerprint density at radius 2 is 2.22 bits per heavy atom. The fraction of sp³-hybridized carbons (Fsp3) is 0.278. The average Bonchev–Trinajstić information content (AvgIpc) is 3.31. The maximum absolute atomic E-state index is 12.4. The number of aryl methyl sites for hydroxylation is 1. The van der Waals surface area contributed by atoms with Gasteiger partial charge in [-0.3, -0.25) is 14.5 Å². The molecular formula is C18H18ClN7O. The van der Waals surface area contributed by atoms with Crippen molar-refractivity contribution in [3.8, 4) is 11.3 Å². The van der Waals surface area contributed by atoms with Crippen LogP contribution in [0.25, 0.3) is 11.3 Å². The number of anilines is 1. The van der Waals surface area contributed by atoms with E-state index < -0.39 is 0 Å². The third-order valence-corrected chi connectivity index (χ3v) is 4.62. The van der Waals surface area contributed by atoms with Crippen molar-refractivity contribution in [3.63, 3.8) is 0 Å². The Morgan fingerprint density at radius 1 is 1.33 bits per heavy atom. The summed E-state index contributed by atoms with van der Waals surface area (Å²) >= 11 is 5.90. The lowest BCUT2D eigenvalue weighted by Gasteiger charge is -2.17. The van der Waals surface area contributed by atoms with Gasteiger partial charge in [-0.2, -0.15) is 5.10 Å². The van der Waals surface area contributed by atoms with E-state index in [0.717, 1.165) is 24.2 Å². The van der Waals surface area contributed by atoms with E-state index in [4.69, 9.17) is 11.6 Å². The highest BCUT2D eigenvalue weighted by Gasteiger charge is 2.26. The van der Waals surface area contributed by atoms with Crippen LogP contribution in [0.4, 0.5) is 5.95 Å². The highest BCUT2D eigenvalue weighted by atomic mass is 35.5. The molecule has 8 nitrogen and oxygen atoms in total. The number of nitrogens with zero attached hydrogens (tertiary/aromatic N) is 6. The van der Waals surface area contributed by atoms with Gasteiger partial charge in [-0.15, -0.1) is 0 Å². The maximum atomic E-state index is 12.4. The first-order valence-corrected chi connectivity index (χ1v) is 8.95. The van der Waals surface area contributed by atoms with E-state index in [1.807, 2.05) is 19.3 Å². The van der Waals surface area contributed by atoms with Gasteiger partial charge in [-0.05, 0) is 18.6 Å². The van der Waals surface area contributed by atoms with Crippen LogP contribution in [0.5, 0.6) is 0 Å². The van der Waals surface area contributed by atoms with Gasteiger partial charge in [0, 0.05) is 56.5 Å². The monoisotopic (exact) mass is 383 g/mol. The van der Waals surface area contributed by atoms with Crippen molar-refractivity contribution in [2.24, 2.45) is 7.05 Å². The Labute approximate surface area is 161 Å². The van der Waals surface area contributed by atoms with E-state index in [2.05, 4.69) is 30.3 Å². The Balaban J connectivity index is 1.43. The Hall–Kier alpha value is -3.00. The molecule has 0 saturated carbocycles. The van der Waals surface area contributed by atoms with Crippen LogP contribution in [-0.2, 0) is 7.05 Å². The van der Waals surface area contributed by atoms with Crippen molar-refractivity contribution in [1.82, 2.24) is 30.0 Å². The lowest BCUT2D eigenvalue weighted by Crippen LogP contribution is -2.37. The molecule has 0 aromatic carbocycles. The van der Waals surface area contributed by atoms with Crippen molar-refractivity contribution < 1.29 is 4.79 Å². The van der Waals surface area contributed by atoms with Gasteiger partial charge in [0.05, 0.1) is 22.5 Å². The molecule has 1 fully saturated rings. The minimum atomic E-state index is -0.179. The largest absolute Gasteiger partial charge is 0.347 e. The standard InChI is InChI=1S/C18H18ClN7O/c1-25-10-13(8-22-25)16-2-4-21-18(24-16)26-5-3-15(11-26)23-17(27)12-6-14(19)9-20-7-12/h2,4,6-10,15H,3,5,11H2,1H3,(H,23,27). The molecule has 1 aliphatic rings. The van der Waals surface area contributed by atoms with E-state index in [0.29, 0.717) is 23.1 Å².